The molecule has 0 unspecified atom stereocenters. The fraction of sp³-hybridized carbons (Fsp3) is 0.0909. The minimum absolute atomic E-state index is 0.0325. The number of rotatable bonds is 2. The molecule has 1 aromatic carbocycles. The fourth-order valence-corrected chi connectivity index (χ4v) is 1.51. The van der Waals surface area contributed by atoms with Crippen LogP contribution in [0.1, 0.15) is 0 Å². The van der Waals surface area contributed by atoms with Gasteiger partial charge in [-0.15, -0.1) is 13.2 Å². The highest BCUT2D eigenvalue weighted by Gasteiger charge is 2.31. The van der Waals surface area contributed by atoms with E-state index in [1.807, 2.05) is 0 Å². The molecule has 0 bridgehead atoms. The largest absolute Gasteiger partial charge is 0.573 e. The number of nitrogens with zero attached hydrogens (tertiary/aromatic N) is 2. The lowest BCUT2D eigenvalue weighted by molar-refractivity contribution is -0.274. The highest BCUT2D eigenvalue weighted by Crippen LogP contribution is 2.29. The standard InChI is InChI=1S/C11H8F4N4O/c12-7-8(18-10(17)19-9(7)16)5-2-1-3-6(4-5)20-11(13,14)15/h1-4H,(H4,16,17,18,19). The van der Waals surface area contributed by atoms with E-state index in [9.17, 15) is 17.6 Å². The van der Waals surface area contributed by atoms with Gasteiger partial charge in [0.1, 0.15) is 11.4 Å². The number of nitrogen functional groups attached to an aromatic ring is 2. The molecule has 0 saturated heterocycles. The molecule has 2 aromatic rings. The monoisotopic (exact) mass is 288 g/mol. The van der Waals surface area contributed by atoms with E-state index in [-0.39, 0.29) is 17.2 Å². The van der Waals surface area contributed by atoms with Gasteiger partial charge in [-0.3, -0.25) is 0 Å². The molecular weight excluding hydrogens is 280 g/mol. The van der Waals surface area contributed by atoms with E-state index >= 15 is 0 Å². The SMILES string of the molecule is Nc1nc(N)c(F)c(-c2cccc(OC(F)(F)F)c2)n1. The minimum Gasteiger partial charge on any atom is -0.406 e. The average Bonchev–Trinajstić information content (AvgIpc) is 2.32. The Hall–Kier alpha value is -2.58. The lowest BCUT2D eigenvalue weighted by Crippen LogP contribution is -2.17. The second-order valence-corrected chi connectivity index (χ2v) is 3.71. The number of benzene rings is 1. The van der Waals surface area contributed by atoms with Crippen molar-refractivity contribution in [1.82, 2.24) is 9.97 Å². The summed E-state index contributed by atoms with van der Waals surface area (Å²) in [5.74, 6) is -2.26. The third-order valence-corrected chi connectivity index (χ3v) is 2.24. The summed E-state index contributed by atoms with van der Waals surface area (Å²) in [4.78, 5) is 7.02. The number of hydrogen-bond donors (Lipinski definition) is 2. The molecule has 9 heteroatoms. The van der Waals surface area contributed by atoms with Crippen molar-refractivity contribution in [2.45, 2.75) is 6.36 Å². The first kappa shape index (κ1) is 13.8. The first-order valence-corrected chi connectivity index (χ1v) is 5.21. The molecule has 0 aliphatic rings. The fourth-order valence-electron chi connectivity index (χ4n) is 1.51. The molecule has 0 amide bonds. The predicted octanol–water partition coefficient (Wildman–Crippen LogP) is 2.35. The van der Waals surface area contributed by atoms with Gasteiger partial charge in [0.15, 0.2) is 11.6 Å². The van der Waals surface area contributed by atoms with Crippen LogP contribution in [0.3, 0.4) is 0 Å². The highest BCUT2D eigenvalue weighted by atomic mass is 19.4. The first-order valence-electron chi connectivity index (χ1n) is 5.21. The Morgan fingerprint density at radius 2 is 1.80 bits per heavy atom. The maximum Gasteiger partial charge on any atom is 0.573 e. The normalized spacial score (nSPS) is 11.4. The van der Waals surface area contributed by atoms with Crippen LogP contribution < -0.4 is 16.2 Å². The van der Waals surface area contributed by atoms with Crippen LogP contribution in [-0.4, -0.2) is 16.3 Å². The second-order valence-electron chi connectivity index (χ2n) is 3.71. The van der Waals surface area contributed by atoms with Gasteiger partial charge in [0.05, 0.1) is 0 Å². The van der Waals surface area contributed by atoms with Crippen LogP contribution in [0.25, 0.3) is 11.3 Å². The van der Waals surface area contributed by atoms with Crippen LogP contribution in [-0.2, 0) is 0 Å². The van der Waals surface area contributed by atoms with E-state index in [1.54, 1.807) is 0 Å². The van der Waals surface area contributed by atoms with E-state index in [2.05, 4.69) is 14.7 Å². The van der Waals surface area contributed by atoms with Gasteiger partial charge in [-0.05, 0) is 12.1 Å². The predicted molar refractivity (Wildman–Crippen MR) is 62.9 cm³/mol. The molecule has 0 aliphatic heterocycles. The zero-order valence-corrected chi connectivity index (χ0v) is 9.78. The third-order valence-electron chi connectivity index (χ3n) is 2.24. The number of hydrogen-bond acceptors (Lipinski definition) is 5. The van der Waals surface area contributed by atoms with E-state index in [0.29, 0.717) is 0 Å². The molecule has 0 spiro atoms. The number of alkyl halides is 3. The molecular formula is C11H8F4N4O. The van der Waals surface area contributed by atoms with Crippen LogP contribution >= 0.6 is 0 Å². The van der Waals surface area contributed by atoms with Gasteiger partial charge in [-0.2, -0.15) is 4.98 Å². The van der Waals surface area contributed by atoms with Crippen molar-refractivity contribution in [3.63, 3.8) is 0 Å². The first-order chi connectivity index (χ1) is 9.26. The quantitative estimate of drug-likeness (QED) is 0.828. The van der Waals surface area contributed by atoms with E-state index in [0.717, 1.165) is 12.1 Å². The molecule has 0 atom stereocenters. The summed E-state index contributed by atoms with van der Waals surface area (Å²) in [6.45, 7) is 0. The second kappa shape index (κ2) is 4.83. The molecule has 2 rings (SSSR count). The van der Waals surface area contributed by atoms with Gasteiger partial charge in [-0.25, -0.2) is 9.37 Å². The maximum absolute atomic E-state index is 13.8. The Morgan fingerprint density at radius 1 is 1.10 bits per heavy atom. The number of aromatic nitrogens is 2. The van der Waals surface area contributed by atoms with Gasteiger partial charge < -0.3 is 16.2 Å². The van der Waals surface area contributed by atoms with Gasteiger partial charge in [0, 0.05) is 5.56 Å². The van der Waals surface area contributed by atoms with Gasteiger partial charge in [0.25, 0.3) is 0 Å². The molecule has 0 radical (unpaired) electrons. The number of nitrogens with two attached hydrogens (primary N) is 2. The summed E-state index contributed by atoms with van der Waals surface area (Å²) >= 11 is 0. The van der Waals surface area contributed by atoms with Crippen molar-refractivity contribution >= 4 is 11.8 Å². The van der Waals surface area contributed by atoms with Crippen molar-refractivity contribution < 1.29 is 22.3 Å². The molecule has 0 fully saturated rings. The van der Waals surface area contributed by atoms with Gasteiger partial charge in [-0.1, -0.05) is 12.1 Å². The van der Waals surface area contributed by atoms with Crippen LogP contribution in [0, 0.1) is 5.82 Å². The topological polar surface area (TPSA) is 87.0 Å². The summed E-state index contributed by atoms with van der Waals surface area (Å²) in [5, 5.41) is 0. The Kier molecular flexibility index (Phi) is 3.35. The summed E-state index contributed by atoms with van der Waals surface area (Å²) in [6, 6.07) is 4.64. The van der Waals surface area contributed by atoms with Crippen LogP contribution in [0.4, 0.5) is 29.3 Å². The highest BCUT2D eigenvalue weighted by molar-refractivity contribution is 5.65. The van der Waals surface area contributed by atoms with Crippen molar-refractivity contribution in [3.05, 3.63) is 30.1 Å². The summed E-state index contributed by atoms with van der Waals surface area (Å²) < 4.78 is 53.9. The van der Waals surface area contributed by atoms with Crippen LogP contribution in [0.2, 0.25) is 0 Å². The Labute approximate surface area is 110 Å². The lowest BCUT2D eigenvalue weighted by Gasteiger charge is -2.10. The Balaban J connectivity index is 2.46. The molecule has 106 valence electrons. The Morgan fingerprint density at radius 3 is 2.45 bits per heavy atom. The van der Waals surface area contributed by atoms with Crippen LogP contribution in [0.5, 0.6) is 5.75 Å². The van der Waals surface area contributed by atoms with Crippen LogP contribution in [0.15, 0.2) is 24.3 Å². The maximum atomic E-state index is 13.8. The number of halogens is 4. The Bertz CT molecular complexity index is 645. The van der Waals surface area contributed by atoms with Crippen molar-refractivity contribution in [1.29, 1.82) is 0 Å². The lowest BCUT2D eigenvalue weighted by atomic mass is 10.1. The molecule has 0 saturated carbocycles. The van der Waals surface area contributed by atoms with Crippen molar-refractivity contribution in [2.75, 3.05) is 11.5 Å². The smallest absolute Gasteiger partial charge is 0.406 e. The van der Waals surface area contributed by atoms with Crippen molar-refractivity contribution in [2.24, 2.45) is 0 Å². The summed E-state index contributed by atoms with van der Waals surface area (Å²) in [5.41, 5.74) is 10.3. The average molecular weight is 288 g/mol. The molecule has 1 aromatic heterocycles. The van der Waals surface area contributed by atoms with E-state index in [1.165, 1.54) is 12.1 Å². The third kappa shape index (κ3) is 3.05. The molecule has 20 heavy (non-hydrogen) atoms. The molecule has 0 aliphatic carbocycles. The minimum atomic E-state index is -4.85. The van der Waals surface area contributed by atoms with Gasteiger partial charge in [0.2, 0.25) is 5.95 Å². The summed E-state index contributed by atoms with van der Waals surface area (Å²) in [7, 11) is 0. The zero-order valence-electron chi connectivity index (χ0n) is 9.78. The summed E-state index contributed by atoms with van der Waals surface area (Å²) in [6.07, 6.45) is -4.85. The molecule has 1 heterocycles. The molecule has 4 N–H and O–H groups in total. The van der Waals surface area contributed by atoms with Gasteiger partial charge >= 0.3 is 6.36 Å². The molecule has 5 nitrogen and oxygen atoms in total. The number of anilines is 2. The van der Waals surface area contributed by atoms with Crippen molar-refractivity contribution in [3.8, 4) is 17.0 Å². The zero-order chi connectivity index (χ0) is 14.9. The number of ether oxygens (including phenoxy) is 1. The van der Waals surface area contributed by atoms with E-state index < -0.39 is 23.7 Å². The van der Waals surface area contributed by atoms with E-state index in [4.69, 9.17) is 11.5 Å².